The monoisotopic (exact) mass is 498 g/mol. The number of piperazine rings is 1. The number of anilines is 1. The van der Waals surface area contributed by atoms with E-state index in [9.17, 15) is 31.2 Å². The Hall–Kier alpha value is -2.12. The van der Waals surface area contributed by atoms with Gasteiger partial charge >= 0.3 is 12.1 Å². The first-order valence-electron chi connectivity index (χ1n) is 9.78. The second kappa shape index (κ2) is 9.79. The Morgan fingerprint density at radius 1 is 1.09 bits per heavy atom. The van der Waals surface area contributed by atoms with E-state index in [1.165, 1.54) is 4.90 Å². The number of hydrogen-bond acceptors (Lipinski definition) is 8. The molecule has 0 aliphatic carbocycles. The fraction of sp³-hybridized carbons (Fsp3) is 0.611. The van der Waals surface area contributed by atoms with Crippen LogP contribution in [-0.4, -0.2) is 99.0 Å². The summed E-state index contributed by atoms with van der Waals surface area (Å²) >= 11 is 5.97. The van der Waals surface area contributed by atoms with Gasteiger partial charge in [-0.3, -0.25) is 14.5 Å². The fourth-order valence-corrected chi connectivity index (χ4v) is 4.92. The number of rotatable bonds is 5. The van der Waals surface area contributed by atoms with Gasteiger partial charge in [-0.1, -0.05) is 11.6 Å². The van der Waals surface area contributed by atoms with E-state index >= 15 is 0 Å². The Morgan fingerprint density at radius 3 is 2.28 bits per heavy atom. The number of hydrogen-bond donors (Lipinski definition) is 0. The molecule has 9 nitrogen and oxygen atoms in total. The van der Waals surface area contributed by atoms with Crippen LogP contribution in [0, 0.1) is 0 Å². The maximum atomic E-state index is 12.8. The Kier molecular flexibility index (Phi) is 7.50. The van der Waals surface area contributed by atoms with Gasteiger partial charge in [-0.2, -0.15) is 13.2 Å². The van der Waals surface area contributed by atoms with Crippen molar-refractivity contribution in [3.8, 4) is 0 Å². The summed E-state index contributed by atoms with van der Waals surface area (Å²) in [4.78, 5) is 32.9. The van der Waals surface area contributed by atoms with Crippen molar-refractivity contribution in [1.82, 2.24) is 14.8 Å². The second-order valence-electron chi connectivity index (χ2n) is 7.48. The molecule has 3 heterocycles. The molecule has 32 heavy (non-hydrogen) atoms. The number of aromatic nitrogens is 1. The van der Waals surface area contributed by atoms with Crippen molar-refractivity contribution in [3.63, 3.8) is 0 Å². The normalized spacial score (nSPS) is 19.6. The molecule has 0 N–H and O–H groups in total. The van der Waals surface area contributed by atoms with Crippen LogP contribution >= 0.6 is 11.6 Å². The Labute approximate surface area is 188 Å². The summed E-state index contributed by atoms with van der Waals surface area (Å²) in [6, 6.07) is 0.818. The zero-order valence-electron chi connectivity index (χ0n) is 17.0. The van der Waals surface area contributed by atoms with Crippen LogP contribution in [0.25, 0.3) is 0 Å². The molecule has 0 atom stereocenters. The number of halogens is 4. The number of alkyl halides is 3. The Morgan fingerprint density at radius 2 is 1.72 bits per heavy atom. The number of amides is 1. The second-order valence-corrected chi connectivity index (χ2v) is 10.2. The molecule has 1 aromatic rings. The molecule has 2 fully saturated rings. The van der Waals surface area contributed by atoms with Gasteiger partial charge in [0.1, 0.15) is 5.82 Å². The Balaban J connectivity index is 1.43. The molecular formula is C18H22ClF3N4O5S. The predicted octanol–water partition coefficient (Wildman–Crippen LogP) is 0.676. The highest BCUT2D eigenvalue weighted by Gasteiger charge is 2.32. The molecule has 1 aromatic heterocycles. The molecule has 2 aliphatic rings. The molecule has 0 bridgehead atoms. The van der Waals surface area contributed by atoms with Gasteiger partial charge in [0.2, 0.25) is 0 Å². The van der Waals surface area contributed by atoms with Crippen molar-refractivity contribution < 1.29 is 35.9 Å². The molecule has 2 saturated heterocycles. The number of carbonyl (C=O) groups is 2. The van der Waals surface area contributed by atoms with Crippen molar-refractivity contribution in [2.24, 2.45) is 0 Å². The Bertz CT molecular complexity index is 954. The van der Waals surface area contributed by atoms with Crippen LogP contribution in [-0.2, 0) is 30.3 Å². The van der Waals surface area contributed by atoms with Crippen LogP contribution in [0.1, 0.15) is 5.56 Å². The molecule has 0 saturated carbocycles. The largest absolute Gasteiger partial charge is 0.455 e. The first kappa shape index (κ1) is 24.5. The lowest BCUT2D eigenvalue weighted by Crippen LogP contribution is -2.50. The van der Waals surface area contributed by atoms with Gasteiger partial charge in [0.15, 0.2) is 16.4 Å². The van der Waals surface area contributed by atoms with Crippen LogP contribution in [0.2, 0.25) is 5.02 Å². The van der Waals surface area contributed by atoms with E-state index in [1.807, 2.05) is 0 Å². The number of sulfone groups is 1. The third-order valence-corrected chi connectivity index (χ3v) is 7.11. The SMILES string of the molecule is O=C(CN1CCS(=O)(=O)CC1)OCC(=O)N1CCN(c2ncc(C(F)(F)F)cc2Cl)CC1. The number of nitrogens with zero attached hydrogens (tertiary/aromatic N) is 4. The van der Waals surface area contributed by atoms with Gasteiger partial charge in [-0.25, -0.2) is 13.4 Å². The lowest BCUT2D eigenvalue weighted by Gasteiger charge is -2.35. The topological polar surface area (TPSA) is 100 Å². The van der Waals surface area contributed by atoms with Gasteiger partial charge in [-0.15, -0.1) is 0 Å². The highest BCUT2D eigenvalue weighted by Crippen LogP contribution is 2.33. The summed E-state index contributed by atoms with van der Waals surface area (Å²) in [6.07, 6.45) is -3.82. The van der Waals surface area contributed by atoms with E-state index in [0.29, 0.717) is 13.1 Å². The molecule has 0 spiro atoms. The number of esters is 1. The smallest absolute Gasteiger partial charge is 0.417 e. The highest BCUT2D eigenvalue weighted by atomic mass is 35.5. The van der Waals surface area contributed by atoms with E-state index < -0.39 is 40.1 Å². The van der Waals surface area contributed by atoms with E-state index in [-0.39, 0.29) is 55.1 Å². The number of ether oxygens (including phenoxy) is 1. The lowest BCUT2D eigenvalue weighted by molar-refractivity contribution is -0.153. The maximum absolute atomic E-state index is 12.8. The summed E-state index contributed by atoms with van der Waals surface area (Å²) in [5.74, 6) is -0.827. The summed E-state index contributed by atoms with van der Waals surface area (Å²) < 4.78 is 66.1. The van der Waals surface area contributed by atoms with Crippen molar-refractivity contribution >= 4 is 39.1 Å². The average molecular weight is 499 g/mol. The molecule has 2 aliphatic heterocycles. The number of pyridine rings is 1. The highest BCUT2D eigenvalue weighted by molar-refractivity contribution is 7.91. The van der Waals surface area contributed by atoms with Gasteiger partial charge in [0, 0.05) is 45.5 Å². The molecule has 0 aromatic carbocycles. The molecular weight excluding hydrogens is 477 g/mol. The molecule has 0 radical (unpaired) electrons. The molecule has 3 rings (SSSR count). The van der Waals surface area contributed by atoms with Gasteiger partial charge in [0.25, 0.3) is 5.91 Å². The average Bonchev–Trinajstić information content (AvgIpc) is 2.73. The van der Waals surface area contributed by atoms with E-state index in [2.05, 4.69) is 4.98 Å². The minimum absolute atomic E-state index is 0.0126. The zero-order chi connectivity index (χ0) is 23.5. The maximum Gasteiger partial charge on any atom is 0.417 e. The third kappa shape index (κ3) is 6.45. The summed E-state index contributed by atoms with van der Waals surface area (Å²) in [6.45, 7) is 1.10. The standard InChI is InChI=1S/C18H22ClF3N4O5S/c19-14-9-13(18(20,21)22)10-23-17(14)26-3-1-25(2-4-26)15(27)12-31-16(28)11-24-5-7-32(29,30)8-6-24/h9-10H,1-8,11-12H2. The minimum Gasteiger partial charge on any atom is -0.455 e. The number of carbonyl (C=O) groups excluding carboxylic acids is 2. The summed E-state index contributed by atoms with van der Waals surface area (Å²) in [5, 5.41) is -0.126. The van der Waals surface area contributed by atoms with Crippen LogP contribution in [0.3, 0.4) is 0 Å². The van der Waals surface area contributed by atoms with Gasteiger partial charge < -0.3 is 14.5 Å². The molecule has 0 unspecified atom stereocenters. The van der Waals surface area contributed by atoms with Crippen LogP contribution in [0.5, 0.6) is 0 Å². The first-order chi connectivity index (χ1) is 14.9. The van der Waals surface area contributed by atoms with E-state index in [0.717, 1.165) is 12.3 Å². The molecule has 178 valence electrons. The van der Waals surface area contributed by atoms with Crippen LogP contribution in [0.15, 0.2) is 12.3 Å². The third-order valence-electron chi connectivity index (χ3n) is 5.23. The first-order valence-corrected chi connectivity index (χ1v) is 12.0. The van der Waals surface area contributed by atoms with E-state index in [4.69, 9.17) is 16.3 Å². The fourth-order valence-electron chi connectivity index (χ4n) is 3.36. The molecule has 14 heteroatoms. The van der Waals surface area contributed by atoms with Gasteiger partial charge in [0.05, 0.1) is 28.6 Å². The van der Waals surface area contributed by atoms with Gasteiger partial charge in [-0.05, 0) is 6.07 Å². The van der Waals surface area contributed by atoms with Crippen molar-refractivity contribution in [1.29, 1.82) is 0 Å². The zero-order valence-corrected chi connectivity index (χ0v) is 18.5. The quantitative estimate of drug-likeness (QED) is 0.546. The van der Waals surface area contributed by atoms with Crippen molar-refractivity contribution in [3.05, 3.63) is 22.8 Å². The lowest BCUT2D eigenvalue weighted by atomic mass is 10.2. The summed E-state index contributed by atoms with van der Waals surface area (Å²) in [5.41, 5.74) is -0.937. The van der Waals surface area contributed by atoms with Crippen LogP contribution < -0.4 is 4.90 Å². The van der Waals surface area contributed by atoms with Crippen molar-refractivity contribution in [2.45, 2.75) is 6.18 Å². The predicted molar refractivity (Wildman–Crippen MR) is 109 cm³/mol. The minimum atomic E-state index is -4.54. The molecule has 1 amide bonds. The van der Waals surface area contributed by atoms with Crippen molar-refractivity contribution in [2.75, 3.05) is 68.8 Å². The van der Waals surface area contributed by atoms with E-state index in [1.54, 1.807) is 9.80 Å². The summed E-state index contributed by atoms with van der Waals surface area (Å²) in [7, 11) is -3.05. The van der Waals surface area contributed by atoms with Crippen LogP contribution in [0.4, 0.5) is 19.0 Å².